The fourth-order valence-electron chi connectivity index (χ4n) is 4.60. The third kappa shape index (κ3) is 4.22. The van der Waals surface area contributed by atoms with Gasteiger partial charge in [-0.05, 0) is 57.0 Å². The summed E-state index contributed by atoms with van der Waals surface area (Å²) in [5, 5.41) is 19.6. The highest BCUT2D eigenvalue weighted by molar-refractivity contribution is 5.85. The lowest BCUT2D eigenvalue weighted by atomic mass is 9.95. The molecule has 9 heteroatoms. The molecule has 0 bridgehead atoms. The van der Waals surface area contributed by atoms with E-state index in [-0.39, 0.29) is 18.3 Å². The molecule has 1 fully saturated rings. The summed E-state index contributed by atoms with van der Waals surface area (Å²) in [7, 11) is 4.21. The smallest absolute Gasteiger partial charge is 0.504 e. The Bertz CT molecular complexity index is 1050. The highest BCUT2D eigenvalue weighted by Gasteiger charge is 2.29. The van der Waals surface area contributed by atoms with Crippen molar-refractivity contribution < 1.29 is 19.7 Å². The monoisotopic (exact) mass is 449 g/mol. The number of H-pyrrole nitrogens is 1. The second-order valence-corrected chi connectivity index (χ2v) is 8.42. The summed E-state index contributed by atoms with van der Waals surface area (Å²) in [4.78, 5) is 30.7. The van der Waals surface area contributed by atoms with Crippen LogP contribution in [-0.4, -0.2) is 59.5 Å². The maximum Gasteiger partial charge on any atom is 0.511 e. The van der Waals surface area contributed by atoms with E-state index in [0.717, 1.165) is 49.2 Å². The van der Waals surface area contributed by atoms with Crippen LogP contribution in [0.5, 0.6) is 11.5 Å². The van der Waals surface area contributed by atoms with Crippen LogP contribution in [0.25, 0.3) is 11.3 Å². The first-order chi connectivity index (χ1) is 14.3. The molecular weight excluding hydrogens is 422 g/mol. The number of carboxylic acid groups (broad SMARTS) is 1. The van der Waals surface area contributed by atoms with Crippen LogP contribution in [0.2, 0.25) is 0 Å². The molecule has 3 N–H and O–H groups in total. The number of anilines is 1. The standard InChI is InChI=1S/C22H27N3O5.ClH/c1-12-4-5-13-10-14(25-9-8-15(11-25)24(2)3)6-7-16(13)18-17(12)19(26)20(21(27)23-18)30-22(28)29;/h6-7,10,12,15H,4-5,8-9,11H2,1-3H3,(H,28,29)(H2,23,26,27);1H. The van der Waals surface area contributed by atoms with Crippen molar-refractivity contribution in [2.45, 2.75) is 38.1 Å². The quantitative estimate of drug-likeness (QED) is 0.616. The molecule has 1 aromatic heterocycles. The van der Waals surface area contributed by atoms with E-state index in [4.69, 9.17) is 5.11 Å². The SMILES string of the molecule is CC1CCc2cc(N3CCC(N(C)C)C3)ccc2-c2[nH]c(=O)c(OC(=O)O)c(O)c21.Cl. The van der Waals surface area contributed by atoms with E-state index in [1.807, 2.05) is 19.1 Å². The van der Waals surface area contributed by atoms with Crippen LogP contribution in [-0.2, 0) is 6.42 Å². The third-order valence-corrected chi connectivity index (χ3v) is 6.33. The number of hydrogen-bond donors (Lipinski definition) is 3. The van der Waals surface area contributed by atoms with Gasteiger partial charge in [0.05, 0.1) is 5.69 Å². The molecule has 4 rings (SSSR count). The molecule has 1 aliphatic heterocycles. The summed E-state index contributed by atoms with van der Waals surface area (Å²) < 4.78 is 4.55. The lowest BCUT2D eigenvalue weighted by Gasteiger charge is -2.23. The van der Waals surface area contributed by atoms with Crippen LogP contribution in [0.4, 0.5) is 10.5 Å². The van der Waals surface area contributed by atoms with Gasteiger partial charge in [0.1, 0.15) is 0 Å². The van der Waals surface area contributed by atoms with E-state index in [9.17, 15) is 14.7 Å². The van der Waals surface area contributed by atoms with E-state index in [0.29, 0.717) is 17.3 Å². The van der Waals surface area contributed by atoms with Gasteiger partial charge < -0.3 is 29.7 Å². The van der Waals surface area contributed by atoms with Gasteiger partial charge in [0.25, 0.3) is 5.56 Å². The molecule has 1 saturated heterocycles. The zero-order valence-electron chi connectivity index (χ0n) is 17.8. The van der Waals surface area contributed by atoms with Gasteiger partial charge in [-0.25, -0.2) is 4.79 Å². The van der Waals surface area contributed by atoms with E-state index in [1.165, 1.54) is 0 Å². The Morgan fingerprint density at radius 3 is 2.68 bits per heavy atom. The van der Waals surface area contributed by atoms with Crippen LogP contribution < -0.4 is 15.2 Å². The molecule has 2 heterocycles. The molecule has 0 amide bonds. The molecule has 0 radical (unpaired) electrons. The normalized spacial score (nSPS) is 19.9. The molecule has 168 valence electrons. The Morgan fingerprint density at radius 2 is 2.03 bits per heavy atom. The molecule has 1 aliphatic carbocycles. The summed E-state index contributed by atoms with van der Waals surface area (Å²) in [6.07, 6.45) is 1.04. The molecule has 2 atom stereocenters. The Balaban J connectivity index is 0.00000272. The number of nitrogens with one attached hydrogen (secondary N) is 1. The highest BCUT2D eigenvalue weighted by atomic mass is 35.5. The largest absolute Gasteiger partial charge is 0.511 e. The number of aromatic nitrogens is 1. The van der Waals surface area contributed by atoms with Crippen molar-refractivity contribution in [3.05, 3.63) is 39.7 Å². The number of halogens is 1. The number of nitrogens with zero attached hydrogens (tertiary/aromatic N) is 2. The Hall–Kier alpha value is -2.71. The van der Waals surface area contributed by atoms with Gasteiger partial charge in [0.2, 0.25) is 5.75 Å². The molecule has 0 saturated carbocycles. The molecule has 0 spiro atoms. The topological polar surface area (TPSA) is 106 Å². The second-order valence-electron chi connectivity index (χ2n) is 8.42. The van der Waals surface area contributed by atoms with Crippen LogP contribution in [0.15, 0.2) is 23.0 Å². The number of aromatic hydroxyl groups is 1. The number of aromatic amines is 1. The lowest BCUT2D eigenvalue weighted by molar-refractivity contribution is 0.142. The van der Waals surface area contributed by atoms with E-state index >= 15 is 0 Å². The van der Waals surface area contributed by atoms with Gasteiger partial charge in [0.15, 0.2) is 5.75 Å². The van der Waals surface area contributed by atoms with Crippen LogP contribution in [0.1, 0.15) is 36.8 Å². The Labute approximate surface area is 186 Å². The minimum absolute atomic E-state index is 0. The number of fused-ring (bicyclic) bond motifs is 3. The van der Waals surface area contributed by atoms with Crippen LogP contribution >= 0.6 is 12.4 Å². The second kappa shape index (κ2) is 8.80. The van der Waals surface area contributed by atoms with Gasteiger partial charge in [-0.15, -0.1) is 12.4 Å². The summed E-state index contributed by atoms with van der Waals surface area (Å²) in [6, 6.07) is 6.74. The number of benzene rings is 1. The third-order valence-electron chi connectivity index (χ3n) is 6.33. The Morgan fingerprint density at radius 1 is 1.29 bits per heavy atom. The zero-order chi connectivity index (χ0) is 21.6. The van der Waals surface area contributed by atoms with Crippen molar-refractivity contribution in [1.82, 2.24) is 9.88 Å². The van der Waals surface area contributed by atoms with E-state index in [2.05, 4.69) is 39.7 Å². The van der Waals surface area contributed by atoms with Crippen molar-refractivity contribution in [2.75, 3.05) is 32.1 Å². The van der Waals surface area contributed by atoms with Crippen molar-refractivity contribution in [2.24, 2.45) is 0 Å². The number of aryl methyl sites for hydroxylation is 1. The van der Waals surface area contributed by atoms with E-state index < -0.39 is 23.2 Å². The first-order valence-electron chi connectivity index (χ1n) is 10.2. The minimum atomic E-state index is -1.64. The average molecular weight is 450 g/mol. The number of pyridine rings is 1. The molecule has 1 aromatic carbocycles. The average Bonchev–Trinajstić information content (AvgIpc) is 3.14. The number of carbonyl (C=O) groups is 1. The van der Waals surface area contributed by atoms with Crippen LogP contribution in [0.3, 0.4) is 0 Å². The maximum absolute atomic E-state index is 12.4. The lowest BCUT2D eigenvalue weighted by Crippen LogP contribution is -2.31. The van der Waals surface area contributed by atoms with Crippen molar-refractivity contribution >= 4 is 24.2 Å². The molecule has 8 nitrogen and oxygen atoms in total. The number of rotatable bonds is 3. The fourth-order valence-corrected chi connectivity index (χ4v) is 4.60. The maximum atomic E-state index is 12.4. The Kier molecular flexibility index (Phi) is 6.52. The molecular formula is C22H28ClN3O5. The molecule has 2 aromatic rings. The number of hydrogen-bond acceptors (Lipinski definition) is 6. The van der Waals surface area contributed by atoms with Gasteiger partial charge >= 0.3 is 6.16 Å². The number of ether oxygens (including phenoxy) is 1. The van der Waals surface area contributed by atoms with Crippen molar-refractivity contribution in [3.8, 4) is 22.8 Å². The fraction of sp³-hybridized carbons (Fsp3) is 0.455. The summed E-state index contributed by atoms with van der Waals surface area (Å²) in [5.74, 6) is -1.04. The van der Waals surface area contributed by atoms with Crippen molar-refractivity contribution in [1.29, 1.82) is 0 Å². The molecule has 2 aliphatic rings. The summed E-state index contributed by atoms with van der Waals surface area (Å²) in [5.41, 5.74) is 3.42. The van der Waals surface area contributed by atoms with Crippen LogP contribution in [0, 0.1) is 0 Å². The predicted molar refractivity (Wildman–Crippen MR) is 121 cm³/mol. The molecule has 31 heavy (non-hydrogen) atoms. The summed E-state index contributed by atoms with van der Waals surface area (Å²) >= 11 is 0. The van der Waals surface area contributed by atoms with Gasteiger partial charge in [-0.2, -0.15) is 0 Å². The van der Waals surface area contributed by atoms with Gasteiger partial charge in [-0.1, -0.05) is 13.0 Å². The minimum Gasteiger partial charge on any atom is -0.504 e. The molecule has 2 unspecified atom stereocenters. The first kappa shape index (κ1) is 23.0. The zero-order valence-corrected chi connectivity index (χ0v) is 18.7. The van der Waals surface area contributed by atoms with Gasteiger partial charge in [-0.3, -0.25) is 4.79 Å². The predicted octanol–water partition coefficient (Wildman–Crippen LogP) is 3.42. The van der Waals surface area contributed by atoms with E-state index in [1.54, 1.807) is 0 Å². The first-order valence-corrected chi connectivity index (χ1v) is 10.2. The van der Waals surface area contributed by atoms with Crippen molar-refractivity contribution in [3.63, 3.8) is 0 Å². The summed E-state index contributed by atoms with van der Waals surface area (Å²) in [6.45, 7) is 3.94. The number of likely N-dealkylation sites (N-methyl/N-ethyl adjacent to an activating group) is 1. The van der Waals surface area contributed by atoms with Gasteiger partial charge in [0, 0.05) is 35.9 Å². The highest BCUT2D eigenvalue weighted by Crippen LogP contribution is 2.44.